The van der Waals surface area contributed by atoms with E-state index in [0.717, 1.165) is 25.7 Å². The number of rotatable bonds is 7. The molecule has 4 rings (SSSR count). The highest BCUT2D eigenvalue weighted by Crippen LogP contribution is 2.37. The van der Waals surface area contributed by atoms with E-state index in [4.69, 9.17) is 10.5 Å². The lowest BCUT2D eigenvalue weighted by Crippen LogP contribution is -2.38. The van der Waals surface area contributed by atoms with Crippen molar-refractivity contribution in [3.63, 3.8) is 0 Å². The third-order valence-corrected chi connectivity index (χ3v) is 7.61. The van der Waals surface area contributed by atoms with Gasteiger partial charge in [0.15, 0.2) is 0 Å². The van der Waals surface area contributed by atoms with Gasteiger partial charge in [-0.3, -0.25) is 4.79 Å². The van der Waals surface area contributed by atoms with Crippen molar-refractivity contribution in [2.75, 3.05) is 18.9 Å². The van der Waals surface area contributed by atoms with Crippen molar-refractivity contribution in [2.45, 2.75) is 55.9 Å². The second-order valence-corrected chi connectivity index (χ2v) is 9.67. The molecular formula is C21H27F2N3O2S. The molecule has 2 N–H and O–H groups in total. The van der Waals surface area contributed by atoms with Gasteiger partial charge >= 0.3 is 0 Å². The van der Waals surface area contributed by atoms with Crippen molar-refractivity contribution >= 4 is 29.2 Å². The summed E-state index contributed by atoms with van der Waals surface area (Å²) in [5.74, 6) is -0.346. The molecule has 5 nitrogen and oxygen atoms in total. The van der Waals surface area contributed by atoms with Crippen LogP contribution in [0.25, 0.3) is 0 Å². The fourth-order valence-electron chi connectivity index (χ4n) is 4.03. The lowest BCUT2D eigenvalue weighted by Gasteiger charge is -2.32. The van der Waals surface area contributed by atoms with Crippen LogP contribution in [0.3, 0.4) is 0 Å². The summed E-state index contributed by atoms with van der Waals surface area (Å²) in [6, 6.07) is 0. The van der Waals surface area contributed by atoms with Gasteiger partial charge in [-0.15, -0.1) is 0 Å². The van der Waals surface area contributed by atoms with Crippen molar-refractivity contribution in [3.8, 4) is 0 Å². The molecule has 29 heavy (non-hydrogen) atoms. The molecule has 2 fully saturated rings. The Bertz CT molecular complexity index is 781. The first kappa shape index (κ1) is 20.7. The largest absolute Gasteiger partial charge is 0.493 e. The minimum Gasteiger partial charge on any atom is -0.493 e. The summed E-state index contributed by atoms with van der Waals surface area (Å²) < 4.78 is 34.4. The smallest absolute Gasteiger partial charge is 0.263 e. The lowest BCUT2D eigenvalue weighted by molar-refractivity contribution is -0.119. The molecule has 4 aliphatic rings. The fourth-order valence-corrected chi connectivity index (χ4v) is 5.11. The van der Waals surface area contributed by atoms with Gasteiger partial charge in [0, 0.05) is 23.9 Å². The van der Waals surface area contributed by atoms with Gasteiger partial charge in [0.2, 0.25) is 0 Å². The lowest BCUT2D eigenvalue weighted by atomic mass is 9.86. The molecule has 158 valence electrons. The highest BCUT2D eigenvalue weighted by Gasteiger charge is 2.36. The van der Waals surface area contributed by atoms with Crippen molar-refractivity contribution in [1.82, 2.24) is 0 Å². The minimum atomic E-state index is -1.24. The van der Waals surface area contributed by atoms with Crippen LogP contribution in [0.15, 0.2) is 33.7 Å². The van der Waals surface area contributed by atoms with Crippen molar-refractivity contribution in [3.05, 3.63) is 23.7 Å². The van der Waals surface area contributed by atoms with Crippen LogP contribution in [-0.4, -0.2) is 47.3 Å². The SMILES string of the molecule is NCC1(F)CCC(SCC2=NC(=O)C3C(F)=CC(OCC4CCC4)=CC3=N2)CC1. The third-order valence-electron chi connectivity index (χ3n) is 6.24. The number of allylic oxidation sites excluding steroid dienone is 2. The van der Waals surface area contributed by atoms with Gasteiger partial charge in [0.05, 0.1) is 18.1 Å². The molecule has 8 heteroatoms. The van der Waals surface area contributed by atoms with E-state index < -0.39 is 23.3 Å². The zero-order valence-corrected chi connectivity index (χ0v) is 17.2. The average molecular weight is 424 g/mol. The van der Waals surface area contributed by atoms with Crippen LogP contribution >= 0.6 is 11.8 Å². The number of nitrogens with zero attached hydrogens (tertiary/aromatic N) is 2. The Morgan fingerprint density at radius 3 is 2.62 bits per heavy atom. The van der Waals surface area contributed by atoms with E-state index >= 15 is 0 Å². The number of halogens is 2. The third kappa shape index (κ3) is 4.79. The summed E-state index contributed by atoms with van der Waals surface area (Å²) in [5, 5.41) is 0.293. The van der Waals surface area contributed by atoms with Crippen LogP contribution in [0.4, 0.5) is 8.78 Å². The van der Waals surface area contributed by atoms with Crippen LogP contribution in [0, 0.1) is 11.8 Å². The number of carbonyl (C=O) groups is 1. The molecule has 1 unspecified atom stereocenters. The predicted octanol–water partition coefficient (Wildman–Crippen LogP) is 3.89. The zero-order valence-electron chi connectivity index (χ0n) is 16.4. The molecule has 1 aliphatic heterocycles. The monoisotopic (exact) mass is 423 g/mol. The number of ether oxygens (including phenoxy) is 1. The summed E-state index contributed by atoms with van der Waals surface area (Å²) >= 11 is 1.62. The number of aliphatic imine (C=N–C) groups is 2. The number of amides is 1. The molecule has 0 bridgehead atoms. The highest BCUT2D eigenvalue weighted by atomic mass is 32.2. The normalized spacial score (nSPS) is 32.4. The number of carbonyl (C=O) groups excluding carboxylic acids is 1. The topological polar surface area (TPSA) is 77.0 Å². The van der Waals surface area contributed by atoms with Gasteiger partial charge in [-0.1, -0.05) is 6.42 Å². The Balaban J connectivity index is 1.36. The number of hydrogen-bond donors (Lipinski definition) is 1. The van der Waals surface area contributed by atoms with Gasteiger partial charge < -0.3 is 10.5 Å². The van der Waals surface area contributed by atoms with Gasteiger partial charge in [0.1, 0.15) is 29.0 Å². The van der Waals surface area contributed by atoms with Gasteiger partial charge in [0.25, 0.3) is 5.91 Å². The van der Waals surface area contributed by atoms with Crippen LogP contribution < -0.4 is 5.73 Å². The van der Waals surface area contributed by atoms with Gasteiger partial charge in [-0.05, 0) is 44.4 Å². The molecule has 0 spiro atoms. The van der Waals surface area contributed by atoms with Gasteiger partial charge in [-0.2, -0.15) is 16.8 Å². The number of amidine groups is 1. The molecule has 1 amide bonds. The minimum absolute atomic E-state index is 0.0667. The van der Waals surface area contributed by atoms with E-state index in [1.54, 1.807) is 17.8 Å². The molecule has 0 radical (unpaired) electrons. The molecule has 0 saturated heterocycles. The Morgan fingerprint density at radius 1 is 1.21 bits per heavy atom. The van der Waals surface area contributed by atoms with Crippen molar-refractivity contribution in [1.29, 1.82) is 0 Å². The Hall–Kier alpha value is -1.54. The number of nitrogens with two attached hydrogens (primary N) is 1. The summed E-state index contributed by atoms with van der Waals surface area (Å²) in [6.07, 6.45) is 8.85. The molecule has 0 aromatic carbocycles. The van der Waals surface area contributed by atoms with E-state index in [1.807, 2.05) is 0 Å². The van der Waals surface area contributed by atoms with E-state index in [0.29, 0.717) is 53.7 Å². The summed E-state index contributed by atoms with van der Waals surface area (Å²) in [4.78, 5) is 20.8. The Morgan fingerprint density at radius 2 is 1.97 bits per heavy atom. The van der Waals surface area contributed by atoms with Crippen LogP contribution in [0.2, 0.25) is 0 Å². The maximum atomic E-state index is 14.5. The summed E-state index contributed by atoms with van der Waals surface area (Å²) in [5.41, 5.74) is 4.64. The summed E-state index contributed by atoms with van der Waals surface area (Å²) in [7, 11) is 0. The van der Waals surface area contributed by atoms with Crippen LogP contribution in [0.1, 0.15) is 44.9 Å². The standard InChI is InChI=1S/C21H27F2N3O2S/c22-16-8-14(28-10-13-2-1-3-13)9-17-19(16)20(27)26-18(25-17)11-29-15-4-6-21(23,12-24)7-5-15/h8-9,13,15,19H,1-7,10-12,24H2. The fraction of sp³-hybridized carbons (Fsp3) is 0.667. The van der Waals surface area contributed by atoms with Crippen molar-refractivity contribution in [2.24, 2.45) is 27.6 Å². The van der Waals surface area contributed by atoms with E-state index in [2.05, 4.69) is 9.98 Å². The molecule has 1 atom stereocenters. The molecular weight excluding hydrogens is 396 g/mol. The quantitative estimate of drug-likeness (QED) is 0.674. The molecule has 0 aromatic rings. The summed E-state index contributed by atoms with van der Waals surface area (Å²) in [6.45, 7) is 0.635. The number of alkyl halides is 1. The average Bonchev–Trinajstić information content (AvgIpc) is 2.66. The van der Waals surface area contributed by atoms with E-state index in [1.165, 1.54) is 12.5 Å². The molecule has 1 heterocycles. The molecule has 3 aliphatic carbocycles. The number of fused-ring (bicyclic) bond motifs is 1. The van der Waals surface area contributed by atoms with E-state index in [-0.39, 0.29) is 6.54 Å². The maximum absolute atomic E-state index is 14.5. The second kappa shape index (κ2) is 8.68. The number of hydrogen-bond acceptors (Lipinski definition) is 5. The first-order valence-corrected chi connectivity index (χ1v) is 11.4. The van der Waals surface area contributed by atoms with Crippen LogP contribution in [-0.2, 0) is 9.53 Å². The van der Waals surface area contributed by atoms with Crippen molar-refractivity contribution < 1.29 is 18.3 Å². The van der Waals surface area contributed by atoms with E-state index in [9.17, 15) is 13.6 Å². The van der Waals surface area contributed by atoms with Gasteiger partial charge in [-0.25, -0.2) is 13.8 Å². The zero-order chi connectivity index (χ0) is 20.4. The predicted molar refractivity (Wildman–Crippen MR) is 112 cm³/mol. The maximum Gasteiger partial charge on any atom is 0.263 e. The van der Waals surface area contributed by atoms with Crippen LogP contribution in [0.5, 0.6) is 0 Å². The first-order chi connectivity index (χ1) is 14.0. The molecule has 0 aromatic heterocycles. The number of thioether (sulfide) groups is 1. The first-order valence-electron chi connectivity index (χ1n) is 10.4. The molecule has 2 saturated carbocycles. The highest BCUT2D eigenvalue weighted by molar-refractivity contribution is 8.00. The Labute approximate surface area is 173 Å². The Kier molecular flexibility index (Phi) is 6.20. The second-order valence-electron chi connectivity index (χ2n) is 8.39.